The fourth-order valence-corrected chi connectivity index (χ4v) is 5.13. The van der Waals surface area contributed by atoms with Gasteiger partial charge in [-0.2, -0.15) is 0 Å². The first-order valence-corrected chi connectivity index (χ1v) is 9.27. The average Bonchev–Trinajstić information content (AvgIpc) is 3.10. The van der Waals surface area contributed by atoms with Crippen molar-refractivity contribution in [1.29, 1.82) is 0 Å². The number of hydrogen-bond donors (Lipinski definition) is 3. The van der Waals surface area contributed by atoms with Gasteiger partial charge in [0, 0.05) is 37.5 Å². The van der Waals surface area contributed by atoms with Crippen molar-refractivity contribution in [3.8, 4) is 0 Å². The molecule has 3 unspecified atom stereocenters. The molecule has 26 heavy (non-hydrogen) atoms. The standard InChI is InChI=1S/C17H19ClN6O2/c18-11-5-12(22-13-3-4-19-8-20-13)16(26)24-14(11)15(25)23-17(24)6-9-1-2-10(7-17)21-9/h3-4,8-10,12,21H,1-2,5-7H2,(H,23,25)(H,19,20,22). The lowest BCUT2D eigenvalue weighted by Crippen LogP contribution is -2.64. The lowest BCUT2D eigenvalue weighted by Gasteiger charge is -2.45. The van der Waals surface area contributed by atoms with Gasteiger partial charge in [0.15, 0.2) is 0 Å². The van der Waals surface area contributed by atoms with Gasteiger partial charge in [-0.3, -0.25) is 14.5 Å². The predicted molar refractivity (Wildman–Crippen MR) is 93.8 cm³/mol. The molecule has 136 valence electrons. The Morgan fingerprint density at radius 3 is 2.73 bits per heavy atom. The Kier molecular flexibility index (Phi) is 3.48. The first-order valence-electron chi connectivity index (χ1n) is 8.89. The van der Waals surface area contributed by atoms with Crippen molar-refractivity contribution in [3.63, 3.8) is 0 Å². The molecule has 1 spiro atoms. The van der Waals surface area contributed by atoms with Crippen LogP contribution in [-0.4, -0.2) is 50.5 Å². The van der Waals surface area contributed by atoms with Crippen LogP contribution in [0.25, 0.3) is 0 Å². The van der Waals surface area contributed by atoms with E-state index in [1.54, 1.807) is 17.2 Å². The number of nitrogens with one attached hydrogen (secondary N) is 3. The van der Waals surface area contributed by atoms with E-state index in [4.69, 9.17) is 11.6 Å². The molecular formula is C17H19ClN6O2. The fourth-order valence-electron chi connectivity index (χ4n) is 4.80. The second kappa shape index (κ2) is 5.65. The first-order chi connectivity index (χ1) is 12.6. The maximum atomic E-state index is 13.3. The molecule has 0 aliphatic carbocycles. The lowest BCUT2D eigenvalue weighted by molar-refractivity contribution is -0.137. The van der Waals surface area contributed by atoms with E-state index < -0.39 is 11.7 Å². The number of amides is 2. The summed E-state index contributed by atoms with van der Waals surface area (Å²) in [5, 5.41) is 10.2. The minimum absolute atomic E-state index is 0.136. The summed E-state index contributed by atoms with van der Waals surface area (Å²) in [5.74, 6) is 0.178. The van der Waals surface area contributed by atoms with Gasteiger partial charge in [0.1, 0.15) is 29.5 Å². The van der Waals surface area contributed by atoms with Gasteiger partial charge in [0.2, 0.25) is 0 Å². The molecule has 0 saturated carbocycles. The highest BCUT2D eigenvalue weighted by molar-refractivity contribution is 6.33. The van der Waals surface area contributed by atoms with E-state index in [0.717, 1.165) is 12.8 Å². The van der Waals surface area contributed by atoms with Crippen molar-refractivity contribution < 1.29 is 9.59 Å². The monoisotopic (exact) mass is 374 g/mol. The van der Waals surface area contributed by atoms with Gasteiger partial charge in [0.25, 0.3) is 11.8 Å². The summed E-state index contributed by atoms with van der Waals surface area (Å²) in [6.45, 7) is 0. The van der Waals surface area contributed by atoms with E-state index in [1.807, 2.05) is 0 Å². The van der Waals surface area contributed by atoms with Gasteiger partial charge in [-0.25, -0.2) is 9.97 Å². The second-order valence-corrected chi connectivity index (χ2v) is 7.91. The number of nitrogens with zero attached hydrogens (tertiary/aromatic N) is 3. The predicted octanol–water partition coefficient (Wildman–Crippen LogP) is 0.680. The molecule has 3 saturated heterocycles. The molecule has 1 aromatic heterocycles. The van der Waals surface area contributed by atoms with E-state index in [-0.39, 0.29) is 18.2 Å². The summed E-state index contributed by atoms with van der Waals surface area (Å²) in [6, 6.07) is 1.78. The Morgan fingerprint density at radius 1 is 1.27 bits per heavy atom. The van der Waals surface area contributed by atoms with Crippen molar-refractivity contribution in [3.05, 3.63) is 29.3 Å². The van der Waals surface area contributed by atoms with Crippen molar-refractivity contribution in [1.82, 2.24) is 25.5 Å². The molecule has 2 bridgehead atoms. The van der Waals surface area contributed by atoms with Crippen molar-refractivity contribution in [2.24, 2.45) is 0 Å². The number of aromatic nitrogens is 2. The van der Waals surface area contributed by atoms with Crippen molar-refractivity contribution >= 4 is 29.2 Å². The van der Waals surface area contributed by atoms with Crippen LogP contribution in [0.3, 0.4) is 0 Å². The number of halogens is 1. The van der Waals surface area contributed by atoms with Gasteiger partial charge in [-0.15, -0.1) is 0 Å². The summed E-state index contributed by atoms with van der Waals surface area (Å²) >= 11 is 6.47. The number of hydrogen-bond acceptors (Lipinski definition) is 6. The van der Waals surface area contributed by atoms with Crippen LogP contribution in [0.15, 0.2) is 29.3 Å². The molecule has 0 aromatic carbocycles. The molecule has 9 heteroatoms. The number of piperidine rings is 1. The minimum atomic E-state index is -0.674. The molecule has 4 aliphatic rings. The van der Waals surface area contributed by atoms with Gasteiger partial charge < -0.3 is 16.0 Å². The Labute approximate surface area is 155 Å². The van der Waals surface area contributed by atoms with Gasteiger partial charge in [-0.05, 0) is 18.9 Å². The highest BCUT2D eigenvalue weighted by Crippen LogP contribution is 2.45. The van der Waals surface area contributed by atoms with Gasteiger partial charge in [0.05, 0.1) is 5.03 Å². The number of anilines is 1. The number of carbonyl (C=O) groups excluding carboxylic acids is 2. The van der Waals surface area contributed by atoms with Crippen molar-refractivity contribution in [2.75, 3.05) is 5.32 Å². The minimum Gasteiger partial charge on any atom is -0.358 e. The number of fused-ring (bicyclic) bond motifs is 4. The van der Waals surface area contributed by atoms with E-state index in [2.05, 4.69) is 25.9 Å². The van der Waals surface area contributed by atoms with E-state index >= 15 is 0 Å². The Balaban J connectivity index is 1.50. The summed E-state index contributed by atoms with van der Waals surface area (Å²) in [6.07, 6.45) is 6.85. The van der Waals surface area contributed by atoms with Crippen LogP contribution >= 0.6 is 11.6 Å². The first kappa shape index (κ1) is 16.0. The third kappa shape index (κ3) is 2.32. The molecule has 0 radical (unpaired) electrons. The molecule has 5 heterocycles. The van der Waals surface area contributed by atoms with Crippen LogP contribution in [0.2, 0.25) is 0 Å². The topological polar surface area (TPSA) is 99.2 Å². The summed E-state index contributed by atoms with van der Waals surface area (Å²) in [5.41, 5.74) is -0.356. The summed E-state index contributed by atoms with van der Waals surface area (Å²) < 4.78 is 0. The van der Waals surface area contributed by atoms with E-state index in [0.29, 0.717) is 41.5 Å². The third-order valence-corrected chi connectivity index (χ3v) is 6.11. The Bertz CT molecular complexity index is 801. The zero-order chi connectivity index (χ0) is 17.9. The molecule has 3 fully saturated rings. The van der Waals surface area contributed by atoms with Gasteiger partial charge in [-0.1, -0.05) is 11.6 Å². The van der Waals surface area contributed by atoms with Gasteiger partial charge >= 0.3 is 0 Å². The molecule has 1 aromatic rings. The van der Waals surface area contributed by atoms with E-state index in [1.165, 1.54) is 6.33 Å². The molecule has 5 rings (SSSR count). The summed E-state index contributed by atoms with van der Waals surface area (Å²) in [7, 11) is 0. The lowest BCUT2D eigenvalue weighted by atomic mass is 9.90. The van der Waals surface area contributed by atoms with Crippen LogP contribution in [0, 0.1) is 0 Å². The van der Waals surface area contributed by atoms with Crippen LogP contribution in [-0.2, 0) is 9.59 Å². The van der Waals surface area contributed by atoms with Crippen LogP contribution in [0.5, 0.6) is 0 Å². The normalized spacial score (nSPS) is 35.7. The maximum Gasteiger partial charge on any atom is 0.271 e. The molecular weight excluding hydrogens is 356 g/mol. The fraction of sp³-hybridized carbons (Fsp3) is 0.529. The summed E-state index contributed by atoms with van der Waals surface area (Å²) in [4.78, 5) is 35.6. The Hall–Kier alpha value is -2.19. The third-order valence-electron chi connectivity index (χ3n) is 5.78. The number of rotatable bonds is 2. The Morgan fingerprint density at radius 2 is 2.04 bits per heavy atom. The SMILES string of the molecule is O=C1NC2(CC3CCC(C2)N3)N2C(=O)C(Nc3ccncn3)CC(Cl)=C12. The quantitative estimate of drug-likeness (QED) is 0.704. The highest BCUT2D eigenvalue weighted by Gasteiger charge is 2.58. The average molecular weight is 375 g/mol. The highest BCUT2D eigenvalue weighted by atomic mass is 35.5. The van der Waals surface area contributed by atoms with E-state index in [9.17, 15) is 9.59 Å². The molecule has 2 amide bonds. The maximum absolute atomic E-state index is 13.3. The molecule has 8 nitrogen and oxygen atoms in total. The smallest absolute Gasteiger partial charge is 0.271 e. The second-order valence-electron chi connectivity index (χ2n) is 7.45. The van der Waals surface area contributed by atoms with Crippen LogP contribution in [0.4, 0.5) is 5.82 Å². The molecule has 3 atom stereocenters. The molecule has 3 N–H and O–H groups in total. The van der Waals surface area contributed by atoms with Crippen LogP contribution < -0.4 is 16.0 Å². The van der Waals surface area contributed by atoms with Crippen LogP contribution in [0.1, 0.15) is 32.1 Å². The zero-order valence-electron chi connectivity index (χ0n) is 14.0. The molecule has 4 aliphatic heterocycles. The number of carbonyl (C=O) groups is 2. The zero-order valence-corrected chi connectivity index (χ0v) is 14.8. The largest absolute Gasteiger partial charge is 0.358 e. The van der Waals surface area contributed by atoms with Crippen molar-refractivity contribution in [2.45, 2.75) is 55.9 Å².